The summed E-state index contributed by atoms with van der Waals surface area (Å²) in [5.41, 5.74) is 1.28. The SMILES string of the molecule is CCCn1cc(CN2CCCN(C(=O)C3CCNCC3)CC2)cn1.Cl. The van der Waals surface area contributed by atoms with Gasteiger partial charge in [0.1, 0.15) is 0 Å². The largest absolute Gasteiger partial charge is 0.341 e. The first-order valence-corrected chi connectivity index (χ1v) is 9.49. The van der Waals surface area contributed by atoms with E-state index in [4.69, 9.17) is 0 Å². The Kier molecular flexibility index (Phi) is 8.19. The van der Waals surface area contributed by atoms with Gasteiger partial charge in [0.15, 0.2) is 0 Å². The van der Waals surface area contributed by atoms with Gasteiger partial charge >= 0.3 is 0 Å². The molecule has 7 heteroatoms. The van der Waals surface area contributed by atoms with Gasteiger partial charge in [0.2, 0.25) is 5.91 Å². The number of rotatable bonds is 5. The van der Waals surface area contributed by atoms with E-state index in [-0.39, 0.29) is 18.3 Å². The van der Waals surface area contributed by atoms with E-state index >= 15 is 0 Å². The molecule has 3 rings (SSSR count). The fraction of sp³-hybridized carbons (Fsp3) is 0.778. The first-order valence-electron chi connectivity index (χ1n) is 9.49. The zero-order valence-corrected chi connectivity index (χ0v) is 16.1. The molecule has 25 heavy (non-hydrogen) atoms. The number of halogens is 1. The van der Waals surface area contributed by atoms with Crippen LogP contribution in [-0.2, 0) is 17.9 Å². The number of amides is 1. The van der Waals surface area contributed by atoms with E-state index in [1.807, 2.05) is 10.9 Å². The molecule has 0 atom stereocenters. The Morgan fingerprint density at radius 2 is 2.04 bits per heavy atom. The highest BCUT2D eigenvalue weighted by molar-refractivity contribution is 5.85. The van der Waals surface area contributed by atoms with Crippen molar-refractivity contribution in [2.75, 3.05) is 39.3 Å². The normalized spacial score (nSPS) is 20.1. The summed E-state index contributed by atoms with van der Waals surface area (Å²) in [6.07, 6.45) is 8.31. The Morgan fingerprint density at radius 1 is 1.24 bits per heavy atom. The van der Waals surface area contributed by atoms with Gasteiger partial charge in [-0.2, -0.15) is 5.10 Å². The fourth-order valence-electron chi connectivity index (χ4n) is 3.77. The quantitative estimate of drug-likeness (QED) is 0.859. The number of carbonyl (C=O) groups excluding carboxylic acids is 1. The minimum absolute atomic E-state index is 0. The molecule has 0 bridgehead atoms. The number of aryl methyl sites for hydroxylation is 1. The zero-order valence-electron chi connectivity index (χ0n) is 15.3. The first-order chi connectivity index (χ1) is 11.8. The van der Waals surface area contributed by atoms with Gasteiger partial charge in [-0.3, -0.25) is 14.4 Å². The number of aromatic nitrogens is 2. The third-order valence-corrected chi connectivity index (χ3v) is 5.13. The minimum Gasteiger partial charge on any atom is -0.341 e. The van der Waals surface area contributed by atoms with Crippen molar-refractivity contribution in [2.45, 2.75) is 45.7 Å². The topological polar surface area (TPSA) is 53.4 Å². The first kappa shape index (κ1) is 20.2. The van der Waals surface area contributed by atoms with Crippen molar-refractivity contribution in [3.63, 3.8) is 0 Å². The lowest BCUT2D eigenvalue weighted by Crippen LogP contribution is -2.42. The van der Waals surface area contributed by atoms with Crippen molar-refractivity contribution in [1.82, 2.24) is 24.9 Å². The molecule has 1 aromatic heterocycles. The lowest BCUT2D eigenvalue weighted by atomic mass is 9.96. The molecule has 0 unspecified atom stereocenters. The number of hydrogen-bond acceptors (Lipinski definition) is 4. The van der Waals surface area contributed by atoms with Crippen molar-refractivity contribution in [1.29, 1.82) is 0 Å². The smallest absolute Gasteiger partial charge is 0.225 e. The lowest BCUT2D eigenvalue weighted by Gasteiger charge is -2.28. The van der Waals surface area contributed by atoms with Crippen LogP contribution in [0.2, 0.25) is 0 Å². The summed E-state index contributed by atoms with van der Waals surface area (Å²) in [5, 5.41) is 7.76. The standard InChI is InChI=1S/C18H31N5O.ClH/c1-2-8-23-15-16(13-20-23)14-21-9-3-10-22(12-11-21)18(24)17-4-6-19-7-5-17;/h13,15,17,19H,2-12,14H2,1H3;1H. The maximum atomic E-state index is 12.7. The van der Waals surface area contributed by atoms with Crippen LogP contribution < -0.4 is 5.32 Å². The van der Waals surface area contributed by atoms with Gasteiger partial charge in [0, 0.05) is 56.9 Å². The molecule has 1 N–H and O–H groups in total. The van der Waals surface area contributed by atoms with Crippen LogP contribution >= 0.6 is 12.4 Å². The molecule has 2 fully saturated rings. The van der Waals surface area contributed by atoms with Gasteiger partial charge in [0.05, 0.1) is 6.20 Å². The van der Waals surface area contributed by atoms with E-state index in [1.54, 1.807) is 0 Å². The van der Waals surface area contributed by atoms with Gasteiger partial charge in [-0.05, 0) is 38.8 Å². The van der Waals surface area contributed by atoms with Crippen molar-refractivity contribution in [3.05, 3.63) is 18.0 Å². The monoisotopic (exact) mass is 369 g/mol. The van der Waals surface area contributed by atoms with Crippen LogP contribution in [0.15, 0.2) is 12.4 Å². The molecule has 0 aromatic carbocycles. The number of carbonyl (C=O) groups is 1. The molecule has 3 heterocycles. The second-order valence-electron chi connectivity index (χ2n) is 7.09. The van der Waals surface area contributed by atoms with Crippen LogP contribution in [0.5, 0.6) is 0 Å². The summed E-state index contributed by atoms with van der Waals surface area (Å²) in [6.45, 7) is 9.88. The average Bonchev–Trinajstić information content (AvgIpc) is 2.91. The van der Waals surface area contributed by atoms with E-state index in [1.165, 1.54) is 5.56 Å². The Morgan fingerprint density at radius 3 is 2.80 bits per heavy atom. The molecule has 142 valence electrons. The predicted octanol–water partition coefficient (Wildman–Crippen LogP) is 1.75. The zero-order chi connectivity index (χ0) is 16.8. The number of nitrogens with one attached hydrogen (secondary N) is 1. The highest BCUT2D eigenvalue weighted by atomic mass is 35.5. The highest BCUT2D eigenvalue weighted by Crippen LogP contribution is 2.17. The maximum Gasteiger partial charge on any atom is 0.225 e. The molecular weight excluding hydrogens is 338 g/mol. The van der Waals surface area contributed by atoms with Gasteiger partial charge in [-0.1, -0.05) is 6.92 Å². The summed E-state index contributed by atoms with van der Waals surface area (Å²) in [6, 6.07) is 0. The Hall–Kier alpha value is -1.11. The number of piperidine rings is 1. The molecule has 2 aliphatic heterocycles. The molecule has 0 spiro atoms. The minimum atomic E-state index is 0. The second kappa shape index (κ2) is 10.1. The maximum absolute atomic E-state index is 12.7. The van der Waals surface area contributed by atoms with Gasteiger partial charge in [0.25, 0.3) is 0 Å². The van der Waals surface area contributed by atoms with Crippen LogP contribution in [0, 0.1) is 5.92 Å². The summed E-state index contributed by atoms with van der Waals surface area (Å²) < 4.78 is 2.03. The lowest BCUT2D eigenvalue weighted by molar-refractivity contribution is -0.136. The Labute approximate surface area is 157 Å². The molecule has 0 aliphatic carbocycles. The number of hydrogen-bond donors (Lipinski definition) is 1. The third-order valence-electron chi connectivity index (χ3n) is 5.13. The van der Waals surface area contributed by atoms with Crippen LogP contribution in [0.3, 0.4) is 0 Å². The molecule has 1 aromatic rings. The van der Waals surface area contributed by atoms with Crippen LogP contribution in [0.4, 0.5) is 0 Å². The summed E-state index contributed by atoms with van der Waals surface area (Å²) in [5.74, 6) is 0.624. The second-order valence-corrected chi connectivity index (χ2v) is 7.09. The van der Waals surface area contributed by atoms with Gasteiger partial charge < -0.3 is 10.2 Å². The molecule has 0 radical (unpaired) electrons. The van der Waals surface area contributed by atoms with Crippen molar-refractivity contribution >= 4 is 18.3 Å². The van der Waals surface area contributed by atoms with Crippen LogP contribution in [-0.4, -0.2) is 64.8 Å². The van der Waals surface area contributed by atoms with E-state index in [9.17, 15) is 4.79 Å². The summed E-state index contributed by atoms with van der Waals surface area (Å²) in [4.78, 5) is 17.3. The Balaban J connectivity index is 0.00000225. The van der Waals surface area contributed by atoms with E-state index in [0.29, 0.717) is 5.91 Å². The molecule has 0 saturated carbocycles. The van der Waals surface area contributed by atoms with Crippen molar-refractivity contribution < 1.29 is 4.79 Å². The van der Waals surface area contributed by atoms with E-state index in [2.05, 4.69) is 33.3 Å². The van der Waals surface area contributed by atoms with Crippen molar-refractivity contribution in [2.24, 2.45) is 5.92 Å². The molecule has 1 amide bonds. The molecular formula is C18H32ClN5O. The van der Waals surface area contributed by atoms with E-state index in [0.717, 1.165) is 78.0 Å². The van der Waals surface area contributed by atoms with Crippen LogP contribution in [0.1, 0.15) is 38.2 Å². The van der Waals surface area contributed by atoms with Gasteiger partial charge in [-0.15, -0.1) is 12.4 Å². The summed E-state index contributed by atoms with van der Waals surface area (Å²) >= 11 is 0. The van der Waals surface area contributed by atoms with Gasteiger partial charge in [-0.25, -0.2) is 0 Å². The van der Waals surface area contributed by atoms with Crippen LogP contribution in [0.25, 0.3) is 0 Å². The third kappa shape index (κ3) is 5.69. The molecule has 2 saturated heterocycles. The van der Waals surface area contributed by atoms with E-state index < -0.39 is 0 Å². The number of nitrogens with zero attached hydrogens (tertiary/aromatic N) is 4. The Bertz CT molecular complexity index is 529. The molecule has 2 aliphatic rings. The molecule has 6 nitrogen and oxygen atoms in total. The predicted molar refractivity (Wildman–Crippen MR) is 102 cm³/mol. The summed E-state index contributed by atoms with van der Waals surface area (Å²) in [7, 11) is 0. The average molecular weight is 370 g/mol. The van der Waals surface area contributed by atoms with Crippen molar-refractivity contribution in [3.8, 4) is 0 Å². The highest BCUT2D eigenvalue weighted by Gasteiger charge is 2.27. The fourth-order valence-corrected chi connectivity index (χ4v) is 3.77.